The van der Waals surface area contributed by atoms with Crippen LogP contribution in [-0.2, 0) is 0 Å². The van der Waals surface area contributed by atoms with E-state index >= 15 is 0 Å². The molecule has 71 heavy (non-hydrogen) atoms. The first-order chi connectivity index (χ1) is 35.2. The van der Waals surface area contributed by atoms with Gasteiger partial charge in [-0.3, -0.25) is 0 Å². The summed E-state index contributed by atoms with van der Waals surface area (Å²) in [5.74, 6) is 0. The predicted molar refractivity (Wildman–Crippen MR) is 301 cm³/mol. The van der Waals surface area contributed by atoms with Gasteiger partial charge in [0.1, 0.15) is 0 Å². The summed E-state index contributed by atoms with van der Waals surface area (Å²) in [5.41, 5.74) is 16.9. The van der Waals surface area contributed by atoms with Crippen LogP contribution in [0.3, 0.4) is 0 Å². The number of anilines is 6. The Morgan fingerprint density at radius 2 is 0.606 bits per heavy atom. The van der Waals surface area contributed by atoms with Crippen molar-refractivity contribution in [2.24, 2.45) is 0 Å². The maximum atomic E-state index is 2.47. The number of hydrogen-bond acceptors (Lipinski definition) is 2. The van der Waals surface area contributed by atoms with Gasteiger partial charge in [0.2, 0.25) is 0 Å². The molecule has 1 aromatic heterocycles. The van der Waals surface area contributed by atoms with Crippen molar-refractivity contribution >= 4 is 77.5 Å². The van der Waals surface area contributed by atoms with Crippen molar-refractivity contribution in [3.63, 3.8) is 0 Å². The highest BCUT2D eigenvalue weighted by molar-refractivity contribution is 6.32. The largest absolute Gasteiger partial charge is 0.310 e. The maximum absolute atomic E-state index is 2.47. The second-order valence-electron chi connectivity index (χ2n) is 18.1. The topological polar surface area (TPSA) is 11.4 Å². The molecule has 0 N–H and O–H groups in total. The molecular formula is C68H47N3. The Balaban J connectivity index is 1.07. The number of fused-ring (bicyclic) bond motifs is 8. The molecule has 0 fully saturated rings. The van der Waals surface area contributed by atoms with Crippen molar-refractivity contribution in [2.75, 3.05) is 9.80 Å². The summed E-state index contributed by atoms with van der Waals surface area (Å²) in [5, 5.41) is 7.46. The third-order valence-corrected chi connectivity index (χ3v) is 13.9. The van der Waals surface area contributed by atoms with Gasteiger partial charge in [0.25, 0.3) is 0 Å². The molecule has 0 radical (unpaired) electrons. The number of benzene rings is 12. The Morgan fingerprint density at radius 1 is 0.225 bits per heavy atom. The molecule has 1 heterocycles. The highest BCUT2D eigenvalue weighted by Crippen LogP contribution is 2.47. The van der Waals surface area contributed by atoms with Gasteiger partial charge < -0.3 is 14.4 Å². The number of rotatable bonds is 10. The molecule has 0 aliphatic carbocycles. The summed E-state index contributed by atoms with van der Waals surface area (Å²) in [6, 6.07) is 103. The fraction of sp³-hybridized carbons (Fsp3) is 0. The van der Waals surface area contributed by atoms with E-state index in [0.29, 0.717) is 0 Å². The van der Waals surface area contributed by atoms with Crippen LogP contribution in [0.5, 0.6) is 0 Å². The average Bonchev–Trinajstić information content (AvgIpc) is 3.80. The van der Waals surface area contributed by atoms with Crippen molar-refractivity contribution in [1.82, 2.24) is 4.57 Å². The van der Waals surface area contributed by atoms with Crippen LogP contribution in [-0.4, -0.2) is 4.57 Å². The van der Waals surface area contributed by atoms with E-state index in [2.05, 4.69) is 299 Å². The minimum absolute atomic E-state index is 1.04. The van der Waals surface area contributed by atoms with Gasteiger partial charge in [-0.1, -0.05) is 194 Å². The van der Waals surface area contributed by atoms with E-state index in [9.17, 15) is 0 Å². The Morgan fingerprint density at radius 3 is 1.11 bits per heavy atom. The second kappa shape index (κ2) is 17.9. The molecule has 13 aromatic rings. The zero-order chi connectivity index (χ0) is 47.1. The lowest BCUT2D eigenvalue weighted by Gasteiger charge is -2.30. The average molecular weight is 906 g/mol. The van der Waals surface area contributed by atoms with E-state index in [1.54, 1.807) is 0 Å². The van der Waals surface area contributed by atoms with E-state index in [1.165, 1.54) is 65.6 Å². The van der Waals surface area contributed by atoms with E-state index in [-0.39, 0.29) is 0 Å². The number of hydrogen-bond donors (Lipinski definition) is 0. The van der Waals surface area contributed by atoms with Crippen LogP contribution in [0.1, 0.15) is 0 Å². The minimum Gasteiger partial charge on any atom is -0.310 e. The Bertz CT molecular complexity index is 3860. The van der Waals surface area contributed by atoms with Gasteiger partial charge in [0, 0.05) is 56.0 Å². The monoisotopic (exact) mass is 905 g/mol. The number of aromatic nitrogens is 1. The molecule has 3 nitrogen and oxygen atoms in total. The fourth-order valence-electron chi connectivity index (χ4n) is 10.6. The molecule has 0 saturated carbocycles. The maximum Gasteiger partial charge on any atom is 0.0625 e. The quantitative estimate of drug-likeness (QED) is 0.127. The Hall–Kier alpha value is -9.44. The first-order valence-electron chi connectivity index (χ1n) is 24.3. The smallest absolute Gasteiger partial charge is 0.0625 e. The zero-order valence-corrected chi connectivity index (χ0v) is 39.0. The Kier molecular flexibility index (Phi) is 10.5. The summed E-state index contributed by atoms with van der Waals surface area (Å²) in [7, 11) is 0. The van der Waals surface area contributed by atoms with Crippen LogP contribution < -0.4 is 9.80 Å². The van der Waals surface area contributed by atoms with Gasteiger partial charge in [-0.2, -0.15) is 0 Å². The van der Waals surface area contributed by atoms with Crippen LogP contribution in [0.4, 0.5) is 34.1 Å². The first kappa shape index (κ1) is 41.7. The summed E-state index contributed by atoms with van der Waals surface area (Å²) in [6.07, 6.45) is 0. The molecule has 0 bridgehead atoms. The molecule has 0 aliphatic heterocycles. The normalized spacial score (nSPS) is 11.4. The van der Waals surface area contributed by atoms with Crippen molar-refractivity contribution < 1.29 is 0 Å². The molecule has 0 unspecified atom stereocenters. The van der Waals surface area contributed by atoms with Gasteiger partial charge in [0.05, 0.1) is 11.0 Å². The molecule has 0 aliphatic rings. The molecule has 3 heteroatoms. The van der Waals surface area contributed by atoms with Crippen LogP contribution in [0, 0.1) is 0 Å². The van der Waals surface area contributed by atoms with Crippen molar-refractivity contribution in [1.29, 1.82) is 0 Å². The van der Waals surface area contributed by atoms with Gasteiger partial charge >= 0.3 is 0 Å². The van der Waals surface area contributed by atoms with Gasteiger partial charge in [0.15, 0.2) is 0 Å². The second-order valence-corrected chi connectivity index (χ2v) is 18.1. The first-order valence-corrected chi connectivity index (χ1v) is 24.3. The number of nitrogens with zero attached hydrogens (tertiary/aromatic N) is 3. The van der Waals surface area contributed by atoms with Gasteiger partial charge in [-0.15, -0.1) is 0 Å². The lowest BCUT2D eigenvalue weighted by atomic mass is 9.95. The van der Waals surface area contributed by atoms with Crippen molar-refractivity contribution in [2.45, 2.75) is 0 Å². The standard InChI is InChI=1S/C68H47N3/c1-6-20-48(21-7-1)50-34-39-57(40-35-50)69(54-24-10-3-11-25-54)59-44-53(45-60(47-59)70(55-26-12-4-13-27-55)58-41-36-51(37-42-58)49-22-8-2-9-23-49)52-38-43-66-65(46-52)67-63-32-18-16-30-61(63)62-31-17-19-33-64(62)68(67)71(66)56-28-14-5-15-29-56/h1-47H. The molecule has 13 rings (SSSR count). The zero-order valence-electron chi connectivity index (χ0n) is 39.0. The molecule has 12 aromatic carbocycles. The molecule has 0 saturated heterocycles. The van der Waals surface area contributed by atoms with Crippen LogP contribution >= 0.6 is 0 Å². The van der Waals surface area contributed by atoms with Crippen LogP contribution in [0.15, 0.2) is 285 Å². The molecule has 0 amide bonds. The van der Waals surface area contributed by atoms with Crippen molar-refractivity contribution in [3.8, 4) is 39.1 Å². The SMILES string of the molecule is c1ccc(-c2ccc(N(c3ccccc3)c3cc(-c4ccc5c(c4)c4c6ccccc6c6ccccc6c4n5-c4ccccc4)cc(N(c4ccccc4)c4ccc(-c5ccccc5)cc4)c3)cc2)cc1. The summed E-state index contributed by atoms with van der Waals surface area (Å²) in [4.78, 5) is 4.78. The highest BCUT2D eigenvalue weighted by atomic mass is 15.2. The van der Waals surface area contributed by atoms with Gasteiger partial charge in [-0.05, 0) is 141 Å². The van der Waals surface area contributed by atoms with E-state index in [0.717, 1.165) is 50.9 Å². The fourth-order valence-corrected chi connectivity index (χ4v) is 10.6. The molecule has 334 valence electrons. The lowest BCUT2D eigenvalue weighted by molar-refractivity contribution is 1.19. The molecular weight excluding hydrogens is 859 g/mol. The number of para-hydroxylation sites is 3. The van der Waals surface area contributed by atoms with Crippen LogP contribution in [0.2, 0.25) is 0 Å². The lowest BCUT2D eigenvalue weighted by Crippen LogP contribution is -2.13. The van der Waals surface area contributed by atoms with E-state index in [1.807, 2.05) is 0 Å². The highest BCUT2D eigenvalue weighted by Gasteiger charge is 2.23. The third kappa shape index (κ3) is 7.58. The predicted octanol–water partition coefficient (Wildman–Crippen LogP) is 19.0. The van der Waals surface area contributed by atoms with Crippen molar-refractivity contribution in [3.05, 3.63) is 285 Å². The summed E-state index contributed by atoms with van der Waals surface area (Å²) < 4.78 is 2.47. The van der Waals surface area contributed by atoms with E-state index < -0.39 is 0 Å². The minimum atomic E-state index is 1.04. The van der Waals surface area contributed by atoms with Crippen LogP contribution in [0.25, 0.3) is 82.4 Å². The third-order valence-electron chi connectivity index (χ3n) is 13.9. The molecule has 0 atom stereocenters. The summed E-state index contributed by atoms with van der Waals surface area (Å²) in [6.45, 7) is 0. The van der Waals surface area contributed by atoms with Gasteiger partial charge in [-0.25, -0.2) is 0 Å². The molecule has 0 spiro atoms. The summed E-state index contributed by atoms with van der Waals surface area (Å²) >= 11 is 0. The Labute approximate surface area is 414 Å². The van der Waals surface area contributed by atoms with E-state index in [4.69, 9.17) is 0 Å².